The van der Waals surface area contributed by atoms with E-state index in [1.165, 1.54) is 12.7 Å². The van der Waals surface area contributed by atoms with Crippen LogP contribution in [0.2, 0.25) is 0 Å². The number of aliphatic imine (C=N–C) groups is 1. The molecular formula is C20H31N3O3. The fourth-order valence-electron chi connectivity index (χ4n) is 4.01. The highest BCUT2D eigenvalue weighted by Gasteiger charge is 2.25. The zero-order valence-corrected chi connectivity index (χ0v) is 15.8. The predicted octanol–water partition coefficient (Wildman–Crippen LogP) is 2.63. The highest BCUT2D eigenvalue weighted by molar-refractivity contribution is 5.91. The summed E-state index contributed by atoms with van der Waals surface area (Å²) < 4.78 is 4.98. The molecule has 0 aliphatic carbocycles. The number of aliphatic hydroxyl groups is 2. The van der Waals surface area contributed by atoms with Crippen LogP contribution >= 0.6 is 0 Å². The Kier molecular flexibility index (Phi) is 6.16. The van der Waals surface area contributed by atoms with Gasteiger partial charge in [-0.3, -0.25) is 4.99 Å². The van der Waals surface area contributed by atoms with E-state index in [0.29, 0.717) is 18.9 Å². The van der Waals surface area contributed by atoms with E-state index in [2.05, 4.69) is 24.0 Å². The van der Waals surface area contributed by atoms with E-state index >= 15 is 0 Å². The molecule has 0 radical (unpaired) electrons. The van der Waals surface area contributed by atoms with Gasteiger partial charge in [-0.25, -0.2) is 0 Å². The summed E-state index contributed by atoms with van der Waals surface area (Å²) in [6.07, 6.45) is 4.08. The largest absolute Gasteiger partial charge is 0.397 e. The van der Waals surface area contributed by atoms with Crippen LogP contribution in [0.5, 0.6) is 0 Å². The second kappa shape index (κ2) is 8.37. The number of nitrogen functional groups attached to an aromatic ring is 1. The number of aliphatic hydroxyl groups excluding tert-OH is 2. The first-order valence-corrected chi connectivity index (χ1v) is 9.65. The third-order valence-electron chi connectivity index (χ3n) is 5.64. The molecule has 144 valence electrons. The van der Waals surface area contributed by atoms with Gasteiger partial charge in [-0.05, 0) is 55.7 Å². The van der Waals surface area contributed by atoms with E-state index in [1.807, 2.05) is 0 Å². The Morgan fingerprint density at radius 2 is 2.19 bits per heavy atom. The molecule has 0 saturated carbocycles. The van der Waals surface area contributed by atoms with E-state index in [4.69, 9.17) is 15.5 Å². The minimum absolute atomic E-state index is 0.285. The third-order valence-corrected chi connectivity index (χ3v) is 5.64. The molecule has 1 saturated heterocycles. The molecule has 2 aliphatic heterocycles. The maximum atomic E-state index is 9.84. The van der Waals surface area contributed by atoms with Crippen molar-refractivity contribution < 1.29 is 14.9 Å². The molecule has 1 aromatic rings. The standard InChI is InChI=1S/C20H31N3O3/c1-3-13-4-5-14-10-16(21)19(23-9-8-15(24)12-23)11-18(14)22-17(13)6-7-20(25)26-2/h10-11,13,15,20,24-25H,3-9,12,21H2,1-2H3/t13?,15-,20?/m1/s1. The summed E-state index contributed by atoms with van der Waals surface area (Å²) in [7, 11) is 1.52. The number of nitrogens with zero attached hydrogens (tertiary/aromatic N) is 2. The van der Waals surface area contributed by atoms with Crippen molar-refractivity contribution in [3.8, 4) is 0 Å². The number of β-amino-alcohol motifs (C(OH)–C–C–N with tert-alkyl or cyclic N) is 1. The first-order valence-electron chi connectivity index (χ1n) is 9.65. The lowest BCUT2D eigenvalue weighted by atomic mass is 9.91. The van der Waals surface area contributed by atoms with Crippen molar-refractivity contribution >= 4 is 22.8 Å². The van der Waals surface area contributed by atoms with Gasteiger partial charge in [0.25, 0.3) is 0 Å². The van der Waals surface area contributed by atoms with E-state index in [1.54, 1.807) is 0 Å². The molecular weight excluding hydrogens is 330 g/mol. The average molecular weight is 361 g/mol. The van der Waals surface area contributed by atoms with Gasteiger partial charge in [0.1, 0.15) is 0 Å². The van der Waals surface area contributed by atoms with Gasteiger partial charge in [-0.15, -0.1) is 0 Å². The van der Waals surface area contributed by atoms with Crippen LogP contribution in [0.15, 0.2) is 17.1 Å². The predicted molar refractivity (Wildman–Crippen MR) is 105 cm³/mol. The Hall–Kier alpha value is -1.63. The second-order valence-corrected chi connectivity index (χ2v) is 7.40. The van der Waals surface area contributed by atoms with Crippen LogP contribution in [0.4, 0.5) is 17.1 Å². The van der Waals surface area contributed by atoms with Gasteiger partial charge in [-0.1, -0.05) is 6.92 Å². The normalized spacial score (nSPS) is 24.2. The fraction of sp³-hybridized carbons (Fsp3) is 0.650. The molecule has 3 rings (SSSR count). The molecule has 0 amide bonds. The van der Waals surface area contributed by atoms with Crippen LogP contribution in [-0.2, 0) is 11.2 Å². The van der Waals surface area contributed by atoms with Crippen LogP contribution in [-0.4, -0.2) is 48.5 Å². The van der Waals surface area contributed by atoms with Crippen LogP contribution in [0.25, 0.3) is 0 Å². The van der Waals surface area contributed by atoms with Crippen LogP contribution in [0.1, 0.15) is 44.6 Å². The number of rotatable bonds is 6. The number of benzene rings is 1. The third kappa shape index (κ3) is 4.19. The fourth-order valence-corrected chi connectivity index (χ4v) is 4.01. The van der Waals surface area contributed by atoms with Gasteiger partial charge < -0.3 is 25.6 Å². The molecule has 2 unspecified atom stereocenters. The topological polar surface area (TPSA) is 91.3 Å². The number of anilines is 2. The Morgan fingerprint density at radius 1 is 1.38 bits per heavy atom. The van der Waals surface area contributed by atoms with Crippen molar-refractivity contribution in [3.63, 3.8) is 0 Å². The maximum Gasteiger partial charge on any atom is 0.154 e. The number of methoxy groups -OCH3 is 1. The number of aryl methyl sites for hydroxylation is 1. The SMILES string of the molecule is CCC1CCc2cc(N)c(N3CC[C@@H](O)C3)cc2N=C1CCC(O)OC. The van der Waals surface area contributed by atoms with Crippen LogP contribution in [0, 0.1) is 5.92 Å². The van der Waals surface area contributed by atoms with E-state index in [9.17, 15) is 10.2 Å². The minimum atomic E-state index is -0.744. The summed E-state index contributed by atoms with van der Waals surface area (Å²) in [5.41, 5.74) is 11.4. The minimum Gasteiger partial charge on any atom is -0.397 e. The highest BCUT2D eigenvalue weighted by Crippen LogP contribution is 2.38. The molecule has 6 heteroatoms. The number of fused-ring (bicyclic) bond motifs is 1. The van der Waals surface area contributed by atoms with Gasteiger partial charge in [0.2, 0.25) is 0 Å². The molecule has 1 aromatic carbocycles. The summed E-state index contributed by atoms with van der Waals surface area (Å²) in [4.78, 5) is 7.14. The van der Waals surface area contributed by atoms with E-state index in [0.717, 1.165) is 61.4 Å². The average Bonchev–Trinajstić information content (AvgIpc) is 2.98. The number of hydrogen-bond acceptors (Lipinski definition) is 6. The smallest absolute Gasteiger partial charge is 0.154 e. The lowest BCUT2D eigenvalue weighted by Crippen LogP contribution is -2.22. The number of ether oxygens (including phenoxy) is 1. The van der Waals surface area contributed by atoms with Crippen molar-refractivity contribution in [3.05, 3.63) is 17.7 Å². The zero-order chi connectivity index (χ0) is 18.7. The molecule has 2 aliphatic rings. The van der Waals surface area contributed by atoms with Crippen molar-refractivity contribution in [2.45, 2.75) is 57.8 Å². The lowest BCUT2D eigenvalue weighted by Gasteiger charge is -2.21. The second-order valence-electron chi connectivity index (χ2n) is 7.40. The van der Waals surface area contributed by atoms with Gasteiger partial charge >= 0.3 is 0 Å². The number of hydrogen-bond donors (Lipinski definition) is 3. The Balaban J connectivity index is 1.90. The molecule has 3 atom stereocenters. The van der Waals surface area contributed by atoms with Crippen molar-refractivity contribution in [2.75, 3.05) is 30.8 Å². The van der Waals surface area contributed by atoms with Gasteiger partial charge in [-0.2, -0.15) is 0 Å². The summed E-state index contributed by atoms with van der Waals surface area (Å²) in [6, 6.07) is 4.13. The Labute approximate surface area is 155 Å². The monoisotopic (exact) mass is 361 g/mol. The lowest BCUT2D eigenvalue weighted by molar-refractivity contribution is -0.0768. The summed E-state index contributed by atoms with van der Waals surface area (Å²) in [5.74, 6) is 0.421. The Morgan fingerprint density at radius 3 is 2.85 bits per heavy atom. The highest BCUT2D eigenvalue weighted by atomic mass is 16.6. The van der Waals surface area contributed by atoms with Crippen molar-refractivity contribution in [1.29, 1.82) is 0 Å². The van der Waals surface area contributed by atoms with Gasteiger partial charge in [0.05, 0.1) is 23.2 Å². The molecule has 4 N–H and O–H groups in total. The quantitative estimate of drug-likeness (QED) is 0.535. The molecule has 2 heterocycles. The van der Waals surface area contributed by atoms with E-state index < -0.39 is 6.29 Å². The summed E-state index contributed by atoms with van der Waals surface area (Å²) in [5, 5.41) is 19.6. The van der Waals surface area contributed by atoms with E-state index in [-0.39, 0.29) is 6.10 Å². The molecule has 1 fully saturated rings. The van der Waals surface area contributed by atoms with Crippen molar-refractivity contribution in [2.24, 2.45) is 10.9 Å². The molecule has 0 spiro atoms. The zero-order valence-electron chi connectivity index (χ0n) is 15.8. The number of nitrogens with two attached hydrogens (primary N) is 1. The first kappa shape index (κ1) is 19.1. The molecule has 0 aromatic heterocycles. The maximum absolute atomic E-state index is 9.84. The first-order chi connectivity index (χ1) is 12.5. The van der Waals surface area contributed by atoms with Crippen LogP contribution in [0.3, 0.4) is 0 Å². The summed E-state index contributed by atoms with van der Waals surface area (Å²) >= 11 is 0. The van der Waals surface area contributed by atoms with Crippen LogP contribution < -0.4 is 10.6 Å². The van der Waals surface area contributed by atoms with Gasteiger partial charge in [0, 0.05) is 32.3 Å². The molecule has 0 bridgehead atoms. The molecule has 26 heavy (non-hydrogen) atoms. The Bertz CT molecular complexity index is 662. The van der Waals surface area contributed by atoms with Crippen molar-refractivity contribution in [1.82, 2.24) is 0 Å². The molecule has 6 nitrogen and oxygen atoms in total. The van der Waals surface area contributed by atoms with Gasteiger partial charge in [0.15, 0.2) is 6.29 Å². The summed E-state index contributed by atoms with van der Waals surface area (Å²) in [6.45, 7) is 3.63.